The molecule has 0 radical (unpaired) electrons. The van der Waals surface area contributed by atoms with E-state index in [0.29, 0.717) is 5.28 Å². The van der Waals surface area contributed by atoms with Crippen LogP contribution in [0.3, 0.4) is 0 Å². The second kappa shape index (κ2) is 3.70. The summed E-state index contributed by atoms with van der Waals surface area (Å²) in [6.07, 6.45) is 1.71. The predicted octanol–water partition coefficient (Wildman–Crippen LogP) is 2.71. The molecule has 0 fully saturated rings. The van der Waals surface area contributed by atoms with E-state index in [9.17, 15) is 0 Å². The quantitative estimate of drug-likeness (QED) is 0.612. The fourth-order valence-electron chi connectivity index (χ4n) is 0.950. The van der Waals surface area contributed by atoms with Gasteiger partial charge in [0.1, 0.15) is 0 Å². The van der Waals surface area contributed by atoms with Crippen molar-refractivity contribution in [3.05, 3.63) is 35.7 Å². The fourth-order valence-corrected chi connectivity index (χ4v) is 1.09. The Balaban J connectivity index is 0.000000720. The van der Waals surface area contributed by atoms with Gasteiger partial charge in [-0.15, -0.1) is 12.4 Å². The van der Waals surface area contributed by atoms with Crippen LogP contribution in [0.5, 0.6) is 0 Å². The van der Waals surface area contributed by atoms with E-state index < -0.39 is 0 Å². The molecule has 1 aromatic carbocycles. The van der Waals surface area contributed by atoms with Gasteiger partial charge in [0.2, 0.25) is 5.28 Å². The summed E-state index contributed by atoms with van der Waals surface area (Å²) in [6, 6.07) is 7.72. The van der Waals surface area contributed by atoms with E-state index in [4.69, 9.17) is 11.6 Å². The average Bonchev–Trinajstić information content (AvgIpc) is 2.04. The van der Waals surface area contributed by atoms with Crippen molar-refractivity contribution in [1.82, 2.24) is 9.97 Å². The summed E-state index contributed by atoms with van der Waals surface area (Å²) >= 11 is 5.60. The Hall–Kier alpha value is -0.860. The lowest BCUT2D eigenvalue weighted by molar-refractivity contribution is 1.22. The molecular weight excluding hydrogens is 195 g/mol. The Morgan fingerprint density at radius 3 is 2.75 bits per heavy atom. The minimum Gasteiger partial charge on any atom is -0.226 e. The second-order valence-electron chi connectivity index (χ2n) is 2.20. The largest absolute Gasteiger partial charge is 0.226 e. The van der Waals surface area contributed by atoms with Crippen LogP contribution in [-0.4, -0.2) is 9.97 Å². The van der Waals surface area contributed by atoms with Gasteiger partial charge >= 0.3 is 0 Å². The molecule has 12 heavy (non-hydrogen) atoms. The minimum absolute atomic E-state index is 0. The third-order valence-electron chi connectivity index (χ3n) is 1.46. The van der Waals surface area contributed by atoms with Crippen molar-refractivity contribution in [2.75, 3.05) is 0 Å². The zero-order valence-corrected chi connectivity index (χ0v) is 7.64. The smallest absolute Gasteiger partial charge is 0.222 e. The van der Waals surface area contributed by atoms with E-state index in [2.05, 4.69) is 9.97 Å². The summed E-state index contributed by atoms with van der Waals surface area (Å²) in [5, 5.41) is 1.31. The van der Waals surface area contributed by atoms with Crippen molar-refractivity contribution in [3.8, 4) is 0 Å². The molecule has 0 amide bonds. The zero-order chi connectivity index (χ0) is 7.68. The lowest BCUT2D eigenvalue weighted by atomic mass is 10.2. The molecule has 2 aromatic rings. The van der Waals surface area contributed by atoms with Crippen LogP contribution in [0, 0.1) is 0 Å². The molecule has 1 aromatic heterocycles. The average molecular weight is 201 g/mol. The topological polar surface area (TPSA) is 25.8 Å². The third kappa shape index (κ3) is 1.65. The molecule has 1 heterocycles. The van der Waals surface area contributed by atoms with Crippen LogP contribution in [0.2, 0.25) is 5.28 Å². The molecule has 0 aliphatic rings. The number of aromatic nitrogens is 2. The molecule has 2 nitrogen and oxygen atoms in total. The van der Waals surface area contributed by atoms with Crippen LogP contribution < -0.4 is 0 Å². The van der Waals surface area contributed by atoms with E-state index in [-0.39, 0.29) is 12.4 Å². The highest BCUT2D eigenvalue weighted by Gasteiger charge is 1.93. The van der Waals surface area contributed by atoms with Crippen molar-refractivity contribution in [2.45, 2.75) is 0 Å². The molecule has 0 atom stereocenters. The van der Waals surface area contributed by atoms with E-state index in [1.165, 1.54) is 0 Å². The summed E-state index contributed by atoms with van der Waals surface area (Å²) < 4.78 is 0. The van der Waals surface area contributed by atoms with Gasteiger partial charge in [-0.1, -0.05) is 18.2 Å². The van der Waals surface area contributed by atoms with Crippen molar-refractivity contribution in [1.29, 1.82) is 0 Å². The Morgan fingerprint density at radius 1 is 1.17 bits per heavy atom. The number of halogens is 2. The van der Waals surface area contributed by atoms with E-state index in [1.54, 1.807) is 6.20 Å². The van der Waals surface area contributed by atoms with Crippen molar-refractivity contribution in [3.63, 3.8) is 0 Å². The first kappa shape index (κ1) is 9.23. The molecule has 0 aliphatic carbocycles. The van der Waals surface area contributed by atoms with Gasteiger partial charge in [0, 0.05) is 11.6 Å². The number of rotatable bonds is 0. The number of hydrogen-bond donors (Lipinski definition) is 0. The van der Waals surface area contributed by atoms with Gasteiger partial charge in [-0.25, -0.2) is 9.97 Å². The van der Waals surface area contributed by atoms with Crippen molar-refractivity contribution in [2.24, 2.45) is 0 Å². The molecule has 0 saturated heterocycles. The summed E-state index contributed by atoms with van der Waals surface area (Å²) in [5.74, 6) is 0. The SMILES string of the molecule is Cl.Clc1ncc2ccccc2n1. The van der Waals surface area contributed by atoms with Gasteiger partial charge in [0.25, 0.3) is 0 Å². The Morgan fingerprint density at radius 2 is 1.92 bits per heavy atom. The zero-order valence-electron chi connectivity index (χ0n) is 6.07. The summed E-state index contributed by atoms with van der Waals surface area (Å²) in [5.41, 5.74) is 0.882. The van der Waals surface area contributed by atoms with Gasteiger partial charge in [-0.3, -0.25) is 0 Å². The normalized spacial score (nSPS) is 9.42. The Bertz CT molecular complexity index is 389. The van der Waals surface area contributed by atoms with Crippen molar-refractivity contribution < 1.29 is 0 Å². The standard InChI is InChI=1S/C8H5ClN2.ClH/c9-8-10-5-6-3-1-2-4-7(6)11-8;/h1-5H;1H. The monoisotopic (exact) mass is 200 g/mol. The van der Waals surface area contributed by atoms with Crippen LogP contribution in [-0.2, 0) is 0 Å². The van der Waals surface area contributed by atoms with Gasteiger partial charge in [-0.05, 0) is 17.7 Å². The van der Waals surface area contributed by atoms with E-state index in [1.807, 2.05) is 24.3 Å². The molecule has 0 unspecified atom stereocenters. The molecule has 0 aliphatic heterocycles. The van der Waals surface area contributed by atoms with E-state index >= 15 is 0 Å². The lowest BCUT2D eigenvalue weighted by Gasteiger charge is -1.93. The molecule has 0 saturated carbocycles. The molecule has 0 N–H and O–H groups in total. The molecule has 0 spiro atoms. The van der Waals surface area contributed by atoms with Crippen LogP contribution in [0.1, 0.15) is 0 Å². The highest BCUT2D eigenvalue weighted by Crippen LogP contribution is 2.11. The minimum atomic E-state index is 0. The van der Waals surface area contributed by atoms with E-state index in [0.717, 1.165) is 10.9 Å². The summed E-state index contributed by atoms with van der Waals surface area (Å²) in [4.78, 5) is 7.89. The third-order valence-corrected chi connectivity index (χ3v) is 1.64. The number of hydrogen-bond acceptors (Lipinski definition) is 2. The highest BCUT2D eigenvalue weighted by atomic mass is 35.5. The Labute approximate surface area is 81.0 Å². The number of benzene rings is 1. The molecular formula is C8H6Cl2N2. The number of fused-ring (bicyclic) bond motifs is 1. The Kier molecular flexibility index (Phi) is 2.84. The summed E-state index contributed by atoms with van der Waals surface area (Å²) in [7, 11) is 0. The van der Waals surface area contributed by atoms with Crippen LogP contribution in [0.15, 0.2) is 30.5 Å². The molecule has 4 heteroatoms. The van der Waals surface area contributed by atoms with Crippen LogP contribution >= 0.6 is 24.0 Å². The molecule has 62 valence electrons. The maximum atomic E-state index is 5.60. The highest BCUT2D eigenvalue weighted by molar-refractivity contribution is 6.28. The molecule has 0 bridgehead atoms. The van der Waals surface area contributed by atoms with Crippen LogP contribution in [0.25, 0.3) is 10.9 Å². The number of para-hydroxylation sites is 1. The van der Waals surface area contributed by atoms with Gasteiger partial charge in [0.15, 0.2) is 0 Å². The summed E-state index contributed by atoms with van der Waals surface area (Å²) in [6.45, 7) is 0. The fraction of sp³-hybridized carbons (Fsp3) is 0. The first-order valence-electron chi connectivity index (χ1n) is 3.23. The first-order chi connectivity index (χ1) is 5.36. The first-order valence-corrected chi connectivity index (χ1v) is 3.61. The second-order valence-corrected chi connectivity index (χ2v) is 2.54. The van der Waals surface area contributed by atoms with Crippen molar-refractivity contribution >= 4 is 34.9 Å². The van der Waals surface area contributed by atoms with Gasteiger partial charge < -0.3 is 0 Å². The lowest BCUT2D eigenvalue weighted by Crippen LogP contribution is -1.81. The maximum Gasteiger partial charge on any atom is 0.222 e. The predicted molar refractivity (Wildman–Crippen MR) is 51.8 cm³/mol. The van der Waals surface area contributed by atoms with Gasteiger partial charge in [0.05, 0.1) is 5.52 Å². The van der Waals surface area contributed by atoms with Crippen LogP contribution in [0.4, 0.5) is 0 Å². The number of nitrogens with zero attached hydrogens (tertiary/aromatic N) is 2. The maximum absolute atomic E-state index is 5.60. The van der Waals surface area contributed by atoms with Gasteiger partial charge in [-0.2, -0.15) is 0 Å². The molecule has 2 rings (SSSR count).